The van der Waals surface area contributed by atoms with Crippen LogP contribution in [0.3, 0.4) is 0 Å². The molecule has 3 saturated heterocycles. The van der Waals surface area contributed by atoms with Crippen LogP contribution in [0, 0.1) is 17.6 Å². The number of amides is 2. The average Bonchev–Trinajstić information content (AvgIpc) is 3.34. The number of halogens is 2. The molecule has 0 aromatic heterocycles. The molecule has 0 aliphatic carbocycles. The highest BCUT2D eigenvalue weighted by Gasteiger charge is 2.40. The molecule has 3 heterocycles. The van der Waals surface area contributed by atoms with Crippen molar-refractivity contribution >= 4 is 17.5 Å². The van der Waals surface area contributed by atoms with Crippen molar-refractivity contribution in [2.24, 2.45) is 5.92 Å². The van der Waals surface area contributed by atoms with Crippen LogP contribution in [0.15, 0.2) is 18.2 Å². The smallest absolute Gasteiger partial charge is 0.228 e. The van der Waals surface area contributed by atoms with Crippen LogP contribution < -0.4 is 4.90 Å². The summed E-state index contributed by atoms with van der Waals surface area (Å²) in [4.78, 5) is 30.7. The summed E-state index contributed by atoms with van der Waals surface area (Å²) >= 11 is 0. The molecule has 5 nitrogen and oxygen atoms in total. The first kappa shape index (κ1) is 17.4. The van der Waals surface area contributed by atoms with E-state index in [1.807, 2.05) is 4.90 Å². The van der Waals surface area contributed by atoms with Gasteiger partial charge in [0.15, 0.2) is 0 Å². The zero-order valence-electron chi connectivity index (χ0n) is 14.7. The number of nitrogens with zero attached hydrogens (tertiary/aromatic N) is 3. The summed E-state index contributed by atoms with van der Waals surface area (Å²) in [5, 5.41) is 0. The van der Waals surface area contributed by atoms with Gasteiger partial charge in [-0.15, -0.1) is 0 Å². The normalized spacial score (nSPS) is 26.9. The van der Waals surface area contributed by atoms with E-state index < -0.39 is 17.6 Å². The highest BCUT2D eigenvalue weighted by molar-refractivity contribution is 6.00. The number of rotatable bonds is 3. The predicted molar refractivity (Wildman–Crippen MR) is 92.6 cm³/mol. The third-order valence-electron chi connectivity index (χ3n) is 5.81. The summed E-state index contributed by atoms with van der Waals surface area (Å²) in [5.74, 6) is -2.23. The molecule has 2 amide bonds. The molecule has 7 heteroatoms. The first-order chi connectivity index (χ1) is 12.5. The van der Waals surface area contributed by atoms with Gasteiger partial charge in [0.25, 0.3) is 0 Å². The zero-order chi connectivity index (χ0) is 18.3. The molecular formula is C19H23F2N3O2. The van der Waals surface area contributed by atoms with Gasteiger partial charge in [-0.05, 0) is 44.5 Å². The molecular weight excluding hydrogens is 340 g/mol. The van der Waals surface area contributed by atoms with Crippen LogP contribution >= 0.6 is 0 Å². The quantitative estimate of drug-likeness (QED) is 0.825. The van der Waals surface area contributed by atoms with Crippen LogP contribution in [0.1, 0.15) is 25.7 Å². The standard InChI is InChI=1S/C19H23F2N3O2/c20-14-3-4-17(16(21)10-14)24-11-13(9-18(24)25)19(26)23-8-5-15(12-23)22-6-1-2-7-22/h3-4,10,13,15H,1-2,5-9,11-12H2. The lowest BCUT2D eigenvalue weighted by atomic mass is 10.1. The number of benzene rings is 1. The highest BCUT2D eigenvalue weighted by atomic mass is 19.1. The Balaban J connectivity index is 1.41. The minimum absolute atomic E-state index is 0.0231. The Morgan fingerprint density at radius 3 is 2.58 bits per heavy atom. The summed E-state index contributed by atoms with van der Waals surface area (Å²) in [6.45, 7) is 3.80. The van der Waals surface area contributed by atoms with Gasteiger partial charge in [0.2, 0.25) is 11.8 Å². The van der Waals surface area contributed by atoms with E-state index in [4.69, 9.17) is 0 Å². The van der Waals surface area contributed by atoms with Crippen molar-refractivity contribution in [3.05, 3.63) is 29.8 Å². The van der Waals surface area contributed by atoms with E-state index in [0.717, 1.165) is 38.2 Å². The van der Waals surface area contributed by atoms with E-state index in [0.29, 0.717) is 12.6 Å². The van der Waals surface area contributed by atoms with Crippen LogP contribution in [0.5, 0.6) is 0 Å². The van der Waals surface area contributed by atoms with Gasteiger partial charge in [-0.1, -0.05) is 0 Å². The van der Waals surface area contributed by atoms with Crippen molar-refractivity contribution in [3.63, 3.8) is 0 Å². The van der Waals surface area contributed by atoms with Crippen molar-refractivity contribution in [1.82, 2.24) is 9.80 Å². The molecule has 0 bridgehead atoms. The minimum atomic E-state index is -0.776. The third-order valence-corrected chi connectivity index (χ3v) is 5.81. The minimum Gasteiger partial charge on any atom is -0.341 e. The van der Waals surface area contributed by atoms with Crippen molar-refractivity contribution in [2.75, 3.05) is 37.6 Å². The Bertz CT molecular complexity index is 721. The van der Waals surface area contributed by atoms with Gasteiger partial charge in [0.1, 0.15) is 11.6 Å². The SMILES string of the molecule is O=C(C1CC(=O)N(c2ccc(F)cc2F)C1)N1CCC(N2CCCC2)C1. The van der Waals surface area contributed by atoms with Crippen molar-refractivity contribution in [2.45, 2.75) is 31.7 Å². The molecule has 0 spiro atoms. The summed E-state index contributed by atoms with van der Waals surface area (Å²) in [6, 6.07) is 3.57. The van der Waals surface area contributed by atoms with Gasteiger partial charge in [-0.3, -0.25) is 14.5 Å². The zero-order valence-corrected chi connectivity index (χ0v) is 14.7. The second-order valence-corrected chi connectivity index (χ2v) is 7.47. The van der Waals surface area contributed by atoms with Crippen molar-refractivity contribution in [1.29, 1.82) is 0 Å². The van der Waals surface area contributed by atoms with Gasteiger partial charge in [0.05, 0.1) is 11.6 Å². The predicted octanol–water partition coefficient (Wildman–Crippen LogP) is 2.01. The van der Waals surface area contributed by atoms with Crippen molar-refractivity contribution < 1.29 is 18.4 Å². The monoisotopic (exact) mass is 363 g/mol. The summed E-state index contributed by atoms with van der Waals surface area (Å²) in [6.07, 6.45) is 3.50. The van der Waals surface area contributed by atoms with E-state index in [2.05, 4.69) is 4.90 Å². The molecule has 1 aromatic rings. The van der Waals surface area contributed by atoms with Crippen LogP contribution in [0.2, 0.25) is 0 Å². The number of hydrogen-bond donors (Lipinski definition) is 0. The van der Waals surface area contributed by atoms with Crippen LogP contribution in [-0.2, 0) is 9.59 Å². The van der Waals surface area contributed by atoms with E-state index >= 15 is 0 Å². The fraction of sp³-hybridized carbons (Fsp3) is 0.579. The maximum absolute atomic E-state index is 14.0. The number of carbonyl (C=O) groups is 2. The Kier molecular flexibility index (Phi) is 4.65. The molecule has 140 valence electrons. The second kappa shape index (κ2) is 6.95. The van der Waals surface area contributed by atoms with Gasteiger partial charge in [-0.25, -0.2) is 8.78 Å². The number of hydrogen-bond acceptors (Lipinski definition) is 3. The van der Waals surface area contributed by atoms with Gasteiger partial charge < -0.3 is 9.80 Å². The Morgan fingerprint density at radius 1 is 1.08 bits per heavy atom. The van der Waals surface area contributed by atoms with Crippen LogP contribution in [-0.4, -0.2) is 60.4 Å². The molecule has 26 heavy (non-hydrogen) atoms. The average molecular weight is 363 g/mol. The maximum atomic E-state index is 14.0. The van der Waals surface area contributed by atoms with E-state index in [9.17, 15) is 18.4 Å². The Labute approximate surface area is 151 Å². The fourth-order valence-corrected chi connectivity index (χ4v) is 4.41. The number of likely N-dealkylation sites (tertiary alicyclic amines) is 2. The lowest BCUT2D eigenvalue weighted by Crippen LogP contribution is -2.40. The van der Waals surface area contributed by atoms with Gasteiger partial charge in [-0.2, -0.15) is 0 Å². The van der Waals surface area contributed by atoms with Gasteiger partial charge in [0, 0.05) is 38.2 Å². The lowest BCUT2D eigenvalue weighted by Gasteiger charge is -2.25. The Morgan fingerprint density at radius 2 is 1.85 bits per heavy atom. The molecule has 4 rings (SSSR count). The first-order valence-electron chi connectivity index (χ1n) is 9.31. The van der Waals surface area contributed by atoms with E-state index in [1.165, 1.54) is 23.8 Å². The van der Waals surface area contributed by atoms with Crippen molar-refractivity contribution in [3.8, 4) is 0 Å². The number of anilines is 1. The topological polar surface area (TPSA) is 43.9 Å². The molecule has 3 aliphatic rings. The molecule has 3 fully saturated rings. The Hall–Kier alpha value is -2.02. The molecule has 0 saturated carbocycles. The van der Waals surface area contributed by atoms with E-state index in [-0.39, 0.29) is 30.5 Å². The molecule has 0 radical (unpaired) electrons. The van der Waals surface area contributed by atoms with Gasteiger partial charge >= 0.3 is 0 Å². The molecule has 2 unspecified atom stereocenters. The molecule has 1 aromatic carbocycles. The fourth-order valence-electron chi connectivity index (χ4n) is 4.41. The third kappa shape index (κ3) is 3.20. The summed E-state index contributed by atoms with van der Waals surface area (Å²) < 4.78 is 27.1. The molecule has 0 N–H and O–H groups in total. The molecule has 2 atom stereocenters. The lowest BCUT2D eigenvalue weighted by molar-refractivity contribution is -0.134. The number of carbonyl (C=O) groups excluding carboxylic acids is 2. The van der Waals surface area contributed by atoms with E-state index in [1.54, 1.807) is 0 Å². The molecule has 3 aliphatic heterocycles. The van der Waals surface area contributed by atoms with Crippen LogP contribution in [0.4, 0.5) is 14.5 Å². The second-order valence-electron chi connectivity index (χ2n) is 7.47. The van der Waals surface area contributed by atoms with Crippen LogP contribution in [0.25, 0.3) is 0 Å². The first-order valence-corrected chi connectivity index (χ1v) is 9.31. The largest absolute Gasteiger partial charge is 0.341 e. The maximum Gasteiger partial charge on any atom is 0.228 e. The summed E-state index contributed by atoms with van der Waals surface area (Å²) in [5.41, 5.74) is 0.0445. The highest BCUT2D eigenvalue weighted by Crippen LogP contribution is 2.30. The summed E-state index contributed by atoms with van der Waals surface area (Å²) in [7, 11) is 0.